The van der Waals surface area contributed by atoms with Crippen LogP contribution in [0, 0.1) is 6.92 Å². The van der Waals surface area contributed by atoms with E-state index in [0.29, 0.717) is 6.54 Å². The zero-order chi connectivity index (χ0) is 19.1. The molecule has 0 bridgehead atoms. The van der Waals surface area contributed by atoms with E-state index in [0.717, 1.165) is 17.0 Å². The van der Waals surface area contributed by atoms with Crippen LogP contribution in [0.3, 0.4) is 0 Å². The van der Waals surface area contributed by atoms with Crippen molar-refractivity contribution in [2.75, 3.05) is 46.2 Å². The highest BCUT2D eigenvalue weighted by molar-refractivity contribution is 5.77. The van der Waals surface area contributed by atoms with Gasteiger partial charge in [0.2, 0.25) is 0 Å². The van der Waals surface area contributed by atoms with Crippen LogP contribution in [-0.2, 0) is 4.79 Å². The topological polar surface area (TPSA) is 44.8 Å². The minimum absolute atomic E-state index is 0.0184. The molecule has 5 heteroatoms. The van der Waals surface area contributed by atoms with Crippen LogP contribution in [0.25, 0.3) is 0 Å². The molecule has 0 saturated carbocycles. The lowest BCUT2D eigenvalue weighted by molar-refractivity contribution is -0.123. The average molecular weight is 355 g/mol. The summed E-state index contributed by atoms with van der Waals surface area (Å²) < 4.78 is 5.61. The Balaban J connectivity index is 1.91. The maximum absolute atomic E-state index is 12.2. The number of rotatable bonds is 8. The van der Waals surface area contributed by atoms with Crippen LogP contribution >= 0.6 is 0 Å². The third-order valence-corrected chi connectivity index (χ3v) is 4.36. The minimum Gasteiger partial charge on any atom is -0.484 e. The first-order chi connectivity index (χ1) is 12.4. The highest BCUT2D eigenvalue weighted by Crippen LogP contribution is 2.21. The van der Waals surface area contributed by atoms with Crippen molar-refractivity contribution in [3.8, 4) is 5.75 Å². The fraction of sp³-hybridized carbons (Fsp3) is 0.381. The van der Waals surface area contributed by atoms with Crippen molar-refractivity contribution in [3.05, 3.63) is 59.7 Å². The molecule has 26 heavy (non-hydrogen) atoms. The van der Waals surface area contributed by atoms with Gasteiger partial charge in [-0.3, -0.25) is 4.79 Å². The maximum Gasteiger partial charge on any atom is 0.258 e. The van der Waals surface area contributed by atoms with E-state index in [-0.39, 0.29) is 18.6 Å². The molecule has 1 amide bonds. The molecule has 140 valence electrons. The van der Waals surface area contributed by atoms with Crippen molar-refractivity contribution in [1.29, 1.82) is 0 Å². The number of para-hydroxylation sites is 1. The lowest BCUT2D eigenvalue weighted by Crippen LogP contribution is -2.36. The Bertz CT molecular complexity index is 711. The number of likely N-dealkylation sites (N-methyl/N-ethyl adjacent to an activating group) is 1. The second-order valence-electron chi connectivity index (χ2n) is 6.82. The molecule has 0 aliphatic rings. The van der Waals surface area contributed by atoms with E-state index in [9.17, 15) is 4.79 Å². The van der Waals surface area contributed by atoms with Crippen LogP contribution in [0.15, 0.2) is 48.5 Å². The summed E-state index contributed by atoms with van der Waals surface area (Å²) >= 11 is 0. The normalized spacial score (nSPS) is 11.9. The van der Waals surface area contributed by atoms with Gasteiger partial charge >= 0.3 is 0 Å². The van der Waals surface area contributed by atoms with Gasteiger partial charge in [-0.15, -0.1) is 0 Å². The first-order valence-corrected chi connectivity index (χ1v) is 8.77. The molecule has 0 radical (unpaired) electrons. The van der Waals surface area contributed by atoms with E-state index in [4.69, 9.17) is 4.74 Å². The fourth-order valence-electron chi connectivity index (χ4n) is 2.72. The maximum atomic E-state index is 12.2. The molecule has 0 spiro atoms. The molecule has 0 aliphatic carbocycles. The number of amides is 1. The molecule has 0 saturated heterocycles. The molecule has 0 fully saturated rings. The molecule has 5 nitrogen and oxygen atoms in total. The van der Waals surface area contributed by atoms with Crippen LogP contribution in [0.4, 0.5) is 5.69 Å². The Morgan fingerprint density at radius 2 is 1.69 bits per heavy atom. The fourth-order valence-corrected chi connectivity index (χ4v) is 2.72. The van der Waals surface area contributed by atoms with Gasteiger partial charge in [0.05, 0.1) is 6.04 Å². The van der Waals surface area contributed by atoms with E-state index in [2.05, 4.69) is 39.4 Å². The molecule has 2 aromatic carbocycles. The number of benzene rings is 2. The Labute approximate surface area is 156 Å². The van der Waals surface area contributed by atoms with Crippen molar-refractivity contribution in [2.45, 2.75) is 13.0 Å². The van der Waals surface area contributed by atoms with Gasteiger partial charge in [0.25, 0.3) is 5.91 Å². The number of nitrogens with one attached hydrogen (secondary N) is 1. The zero-order valence-electron chi connectivity index (χ0n) is 16.3. The SMILES string of the molecule is Cc1ccccc1OCC(=O)NC[C@H](c1ccc(N(C)C)cc1)N(C)C. The van der Waals surface area contributed by atoms with Gasteiger partial charge in [0, 0.05) is 26.3 Å². The van der Waals surface area contributed by atoms with Crippen molar-refractivity contribution in [2.24, 2.45) is 0 Å². The van der Waals surface area contributed by atoms with E-state index >= 15 is 0 Å². The van der Waals surface area contributed by atoms with E-state index in [1.165, 1.54) is 5.56 Å². The average Bonchev–Trinajstić information content (AvgIpc) is 2.61. The number of ether oxygens (including phenoxy) is 1. The standard InChI is InChI=1S/C21H29N3O2/c1-16-8-6-7-9-20(16)26-15-21(25)22-14-19(24(4)5)17-10-12-18(13-11-17)23(2)3/h6-13,19H,14-15H2,1-5H3,(H,22,25)/t19-/m1/s1. The van der Waals surface area contributed by atoms with Gasteiger partial charge in [0.1, 0.15) is 5.75 Å². The predicted molar refractivity (Wildman–Crippen MR) is 107 cm³/mol. The summed E-state index contributed by atoms with van der Waals surface area (Å²) in [6.07, 6.45) is 0. The number of hydrogen-bond acceptors (Lipinski definition) is 4. The molecular weight excluding hydrogens is 326 g/mol. The largest absolute Gasteiger partial charge is 0.484 e. The quantitative estimate of drug-likeness (QED) is 0.791. The van der Waals surface area contributed by atoms with Crippen LogP contribution in [0.1, 0.15) is 17.2 Å². The Morgan fingerprint density at radius 3 is 2.27 bits per heavy atom. The number of aryl methyl sites for hydroxylation is 1. The first kappa shape index (κ1) is 19.8. The molecule has 2 rings (SSSR count). The molecule has 2 aromatic rings. The predicted octanol–water partition coefficient (Wildman–Crippen LogP) is 2.86. The molecule has 0 aliphatic heterocycles. The Kier molecular flexibility index (Phi) is 7.04. The summed E-state index contributed by atoms with van der Waals surface area (Å²) in [6, 6.07) is 16.2. The highest BCUT2D eigenvalue weighted by Gasteiger charge is 2.16. The van der Waals surface area contributed by atoms with Crippen LogP contribution in [0.2, 0.25) is 0 Å². The van der Waals surface area contributed by atoms with Crippen LogP contribution in [0.5, 0.6) is 5.75 Å². The highest BCUT2D eigenvalue weighted by atomic mass is 16.5. The van der Waals surface area contributed by atoms with Crippen molar-refractivity contribution in [3.63, 3.8) is 0 Å². The molecular formula is C21H29N3O2. The van der Waals surface area contributed by atoms with Crippen molar-refractivity contribution < 1.29 is 9.53 Å². The number of hydrogen-bond donors (Lipinski definition) is 1. The van der Waals surface area contributed by atoms with Crippen molar-refractivity contribution >= 4 is 11.6 Å². The monoisotopic (exact) mass is 355 g/mol. The number of carbonyl (C=O) groups excluding carboxylic acids is 1. The van der Waals surface area contributed by atoms with E-state index in [1.807, 2.05) is 59.4 Å². The summed E-state index contributed by atoms with van der Waals surface area (Å²) in [6.45, 7) is 2.52. The van der Waals surface area contributed by atoms with Gasteiger partial charge in [0.15, 0.2) is 6.61 Å². The van der Waals surface area contributed by atoms with E-state index < -0.39 is 0 Å². The summed E-state index contributed by atoms with van der Waals surface area (Å²) in [5.74, 6) is 0.621. The summed E-state index contributed by atoms with van der Waals surface area (Å²) in [5, 5.41) is 2.97. The Hall–Kier alpha value is -2.53. The number of nitrogens with zero attached hydrogens (tertiary/aromatic N) is 2. The van der Waals surface area contributed by atoms with Gasteiger partial charge in [-0.2, -0.15) is 0 Å². The smallest absolute Gasteiger partial charge is 0.258 e. The zero-order valence-corrected chi connectivity index (χ0v) is 16.3. The van der Waals surface area contributed by atoms with Crippen molar-refractivity contribution in [1.82, 2.24) is 10.2 Å². The molecule has 0 unspecified atom stereocenters. The number of anilines is 1. The van der Waals surface area contributed by atoms with E-state index in [1.54, 1.807) is 0 Å². The summed E-state index contributed by atoms with van der Waals surface area (Å²) in [4.78, 5) is 16.3. The van der Waals surface area contributed by atoms with Gasteiger partial charge < -0.3 is 19.9 Å². The summed E-state index contributed by atoms with van der Waals surface area (Å²) in [5.41, 5.74) is 3.34. The Morgan fingerprint density at radius 1 is 1.04 bits per heavy atom. The third-order valence-electron chi connectivity index (χ3n) is 4.36. The lowest BCUT2D eigenvalue weighted by atomic mass is 10.1. The molecule has 1 atom stereocenters. The minimum atomic E-state index is -0.120. The second kappa shape index (κ2) is 9.25. The molecule has 0 aromatic heterocycles. The first-order valence-electron chi connectivity index (χ1n) is 8.77. The van der Waals surface area contributed by atoms with Crippen LogP contribution < -0.4 is 15.0 Å². The lowest BCUT2D eigenvalue weighted by Gasteiger charge is -2.26. The number of carbonyl (C=O) groups is 1. The van der Waals surface area contributed by atoms with Crippen LogP contribution in [-0.4, -0.2) is 52.1 Å². The van der Waals surface area contributed by atoms with Gasteiger partial charge in [-0.25, -0.2) is 0 Å². The van der Waals surface area contributed by atoms with Gasteiger partial charge in [-0.1, -0.05) is 30.3 Å². The summed E-state index contributed by atoms with van der Waals surface area (Å²) in [7, 11) is 8.07. The molecule has 0 heterocycles. The second-order valence-corrected chi connectivity index (χ2v) is 6.82. The molecule has 1 N–H and O–H groups in total. The third kappa shape index (κ3) is 5.49. The van der Waals surface area contributed by atoms with Gasteiger partial charge in [-0.05, 0) is 50.3 Å².